The monoisotopic (exact) mass is 318 g/mol. The Morgan fingerprint density at radius 1 is 0.579 bits per heavy atom. The molecule has 0 unspecified atom stereocenters. The molecule has 0 aromatic heterocycles. The molecule has 2 nitrogen and oxygen atoms in total. The molecule has 0 aliphatic rings. The zero-order valence-electron chi connectivity index (χ0n) is 14.3. The quantitative estimate of drug-likeness (QED) is 0.466. The summed E-state index contributed by atoms with van der Waals surface area (Å²) in [7, 11) is -2.96. The highest BCUT2D eigenvalue weighted by Crippen LogP contribution is 2.28. The Balaban J connectivity index is 4.83. The lowest BCUT2D eigenvalue weighted by atomic mass is 10.9. The maximum Gasteiger partial charge on any atom is 0.652 e. The first-order chi connectivity index (χ1) is 9.00. The summed E-state index contributed by atoms with van der Waals surface area (Å²) in [5.41, 5.74) is 0. The summed E-state index contributed by atoms with van der Waals surface area (Å²) in [5, 5.41) is 1.13. The van der Waals surface area contributed by atoms with Crippen molar-refractivity contribution in [2.75, 3.05) is 0 Å². The summed E-state index contributed by atoms with van der Waals surface area (Å²) in [6.07, 6.45) is 0. The Morgan fingerprint density at radius 3 is 1.00 bits per heavy atom. The molecular formula is C14H35AlO2Si2. The maximum absolute atomic E-state index is 6.69. The van der Waals surface area contributed by atoms with Crippen LogP contribution in [0.25, 0.3) is 0 Å². The van der Waals surface area contributed by atoms with E-state index in [1.807, 2.05) is 0 Å². The van der Waals surface area contributed by atoms with Crippen molar-refractivity contribution in [2.45, 2.75) is 90.0 Å². The summed E-state index contributed by atoms with van der Waals surface area (Å²) in [6, 6.07) is 7.45. The van der Waals surface area contributed by atoms with Crippen LogP contribution in [-0.2, 0) is 6.96 Å². The minimum Gasteiger partial charge on any atom is -0.523 e. The molecule has 0 aliphatic carbocycles. The van der Waals surface area contributed by atoms with Gasteiger partial charge in [-0.1, -0.05) is 48.5 Å². The van der Waals surface area contributed by atoms with Crippen LogP contribution < -0.4 is 0 Å². The fourth-order valence-electron chi connectivity index (χ4n) is 2.75. The molecule has 5 heteroatoms. The van der Waals surface area contributed by atoms with E-state index < -0.39 is 31.5 Å². The third-order valence-electron chi connectivity index (χ3n) is 4.96. The van der Waals surface area contributed by atoms with Gasteiger partial charge in [-0.15, -0.1) is 0 Å². The van der Waals surface area contributed by atoms with Crippen LogP contribution in [0.4, 0.5) is 0 Å². The van der Waals surface area contributed by atoms with E-state index in [1.165, 1.54) is 36.3 Å². The minimum absolute atomic E-state index is 1.13. The van der Waals surface area contributed by atoms with Crippen molar-refractivity contribution in [3.63, 3.8) is 0 Å². The average Bonchev–Trinajstić information content (AvgIpc) is 2.49. The van der Waals surface area contributed by atoms with Gasteiger partial charge in [0.05, 0.1) is 0 Å². The first-order valence-corrected chi connectivity index (χ1v) is 15.2. The van der Waals surface area contributed by atoms with Crippen LogP contribution in [0.5, 0.6) is 0 Å². The van der Waals surface area contributed by atoms with Gasteiger partial charge in [-0.05, 0) is 41.5 Å². The van der Waals surface area contributed by atoms with Gasteiger partial charge in [0.1, 0.15) is 0 Å². The highest BCUT2D eigenvalue weighted by atomic mass is 28.4. The van der Waals surface area contributed by atoms with E-state index in [1.54, 1.807) is 0 Å². The molecule has 0 rings (SSSR count). The topological polar surface area (TPSA) is 18.5 Å². The lowest BCUT2D eigenvalue weighted by Crippen LogP contribution is -2.49. The van der Waals surface area contributed by atoms with E-state index in [9.17, 15) is 0 Å². The lowest BCUT2D eigenvalue weighted by molar-refractivity contribution is 0.400. The second-order valence-electron chi connectivity index (χ2n) is 5.56. The van der Waals surface area contributed by atoms with E-state index in [-0.39, 0.29) is 0 Å². The van der Waals surface area contributed by atoms with Crippen LogP contribution in [0.2, 0.25) is 41.5 Å². The maximum atomic E-state index is 6.69. The second kappa shape index (κ2) is 9.76. The molecule has 0 saturated heterocycles. The summed E-state index contributed by atoms with van der Waals surface area (Å²) in [6.45, 7) is 16.1. The number of hydrogen-bond donors (Lipinski definition) is 0. The van der Waals surface area contributed by atoms with Gasteiger partial charge < -0.3 is 6.96 Å². The van der Waals surface area contributed by atoms with Crippen LogP contribution in [-0.4, -0.2) is 31.5 Å². The molecule has 0 N–H and O–H groups in total. The molecule has 0 aromatic carbocycles. The fraction of sp³-hybridized carbons (Fsp3) is 1.00. The standard InChI is InChI=1S/2C6H15OSi.C2H5.Al/c2*1-4-8(7,5-2)6-3;1-2;/h2*4-6H2,1-3H3;1H2,2H3;/q2*-1;;+2. The Hall–Kier alpha value is 0.886. The molecule has 0 aromatic rings. The minimum atomic E-state index is -1.48. The third kappa shape index (κ3) is 5.65. The van der Waals surface area contributed by atoms with Crippen LogP contribution in [0, 0.1) is 0 Å². The van der Waals surface area contributed by atoms with E-state index in [4.69, 9.17) is 6.96 Å². The van der Waals surface area contributed by atoms with Crippen LogP contribution in [0.3, 0.4) is 0 Å². The van der Waals surface area contributed by atoms with Crippen molar-refractivity contribution in [1.82, 2.24) is 0 Å². The van der Waals surface area contributed by atoms with Crippen LogP contribution in [0.1, 0.15) is 48.5 Å². The molecule has 19 heavy (non-hydrogen) atoms. The molecule has 0 radical (unpaired) electrons. The van der Waals surface area contributed by atoms with E-state index in [0.717, 1.165) is 5.28 Å². The zero-order valence-corrected chi connectivity index (χ0v) is 17.5. The van der Waals surface area contributed by atoms with Crippen molar-refractivity contribution < 1.29 is 6.96 Å². The predicted molar refractivity (Wildman–Crippen MR) is 92.8 cm³/mol. The van der Waals surface area contributed by atoms with Gasteiger partial charge in [-0.25, -0.2) is 0 Å². The first kappa shape index (κ1) is 19.9. The van der Waals surface area contributed by atoms with Crippen molar-refractivity contribution in [2.24, 2.45) is 0 Å². The number of rotatable bonds is 11. The van der Waals surface area contributed by atoms with Gasteiger partial charge >= 0.3 is 14.8 Å². The highest BCUT2D eigenvalue weighted by Gasteiger charge is 2.41. The molecule has 114 valence electrons. The summed E-state index contributed by atoms with van der Waals surface area (Å²) >= 11 is -1.45. The second-order valence-corrected chi connectivity index (χ2v) is 18.1. The lowest BCUT2D eigenvalue weighted by Gasteiger charge is -2.37. The summed E-state index contributed by atoms with van der Waals surface area (Å²) < 4.78 is 13.4. The molecule has 0 heterocycles. The van der Waals surface area contributed by atoms with E-state index in [0.29, 0.717) is 0 Å². The van der Waals surface area contributed by atoms with Gasteiger partial charge in [-0.2, -0.15) is 0 Å². The zero-order chi connectivity index (χ0) is 14.9. The Morgan fingerprint density at radius 2 is 0.842 bits per heavy atom. The van der Waals surface area contributed by atoms with Gasteiger partial charge in [0.2, 0.25) is 0 Å². The Kier molecular flexibility index (Phi) is 10.2. The molecule has 0 amide bonds. The first-order valence-electron chi connectivity index (χ1n) is 8.36. The molecule has 0 aliphatic heterocycles. The summed E-state index contributed by atoms with van der Waals surface area (Å²) in [5.74, 6) is 0. The van der Waals surface area contributed by atoms with Gasteiger partial charge in [0.15, 0.2) is 16.6 Å². The summed E-state index contributed by atoms with van der Waals surface area (Å²) in [4.78, 5) is 0. The third-order valence-corrected chi connectivity index (χ3v) is 19.5. The fourth-order valence-corrected chi connectivity index (χ4v) is 16.2. The van der Waals surface area contributed by atoms with Crippen LogP contribution in [0.15, 0.2) is 0 Å². The van der Waals surface area contributed by atoms with E-state index in [2.05, 4.69) is 48.5 Å². The van der Waals surface area contributed by atoms with Crippen LogP contribution >= 0.6 is 0 Å². The van der Waals surface area contributed by atoms with Crippen molar-refractivity contribution in [3.05, 3.63) is 0 Å². The van der Waals surface area contributed by atoms with Gasteiger partial charge in [0, 0.05) is 0 Å². The molecular weight excluding hydrogens is 283 g/mol. The molecule has 0 spiro atoms. The molecule has 0 atom stereocenters. The Bertz CT molecular complexity index is 193. The van der Waals surface area contributed by atoms with Crippen molar-refractivity contribution >= 4 is 31.5 Å². The van der Waals surface area contributed by atoms with E-state index >= 15 is 0 Å². The highest BCUT2D eigenvalue weighted by molar-refractivity contribution is 6.83. The SMILES string of the molecule is C[CH2][Al]([O][Si](CC)(CC)CC)[O][Si](CC)(CC)CC. The Labute approximate surface area is 128 Å². The molecule has 0 saturated carbocycles. The normalized spacial score (nSPS) is 12.8. The van der Waals surface area contributed by atoms with Gasteiger partial charge in [-0.3, -0.25) is 0 Å². The van der Waals surface area contributed by atoms with Crippen molar-refractivity contribution in [3.8, 4) is 0 Å². The molecule has 0 bridgehead atoms. The number of hydrogen-bond acceptors (Lipinski definition) is 2. The van der Waals surface area contributed by atoms with Crippen molar-refractivity contribution in [1.29, 1.82) is 0 Å². The largest absolute Gasteiger partial charge is 0.652 e. The predicted octanol–water partition coefficient (Wildman–Crippen LogP) is 5.54. The van der Waals surface area contributed by atoms with Gasteiger partial charge in [0.25, 0.3) is 0 Å². The average molecular weight is 319 g/mol. The molecule has 0 fully saturated rings. The smallest absolute Gasteiger partial charge is 0.523 e.